The summed E-state index contributed by atoms with van der Waals surface area (Å²) in [7, 11) is -3.87. The van der Waals surface area contributed by atoms with Gasteiger partial charge in [0.15, 0.2) is 5.69 Å². The van der Waals surface area contributed by atoms with Crippen LogP contribution in [0.4, 0.5) is 5.69 Å². The van der Waals surface area contributed by atoms with Gasteiger partial charge in [-0.05, 0) is 47.7 Å². The highest BCUT2D eigenvalue weighted by atomic mass is 35.5. The van der Waals surface area contributed by atoms with Crippen molar-refractivity contribution >= 4 is 33.2 Å². The molecule has 1 N–H and O–H groups in total. The van der Waals surface area contributed by atoms with E-state index in [0.29, 0.717) is 23.8 Å². The van der Waals surface area contributed by atoms with Crippen LogP contribution in [0.1, 0.15) is 43.2 Å². The van der Waals surface area contributed by atoms with Gasteiger partial charge in [0.1, 0.15) is 0 Å². The number of likely N-dealkylation sites (tertiary alicyclic amines) is 1. The molecule has 168 valence electrons. The molecular formula is C22H24ClN5O3S. The molecule has 1 aliphatic rings. The molecule has 1 aliphatic heterocycles. The van der Waals surface area contributed by atoms with Crippen LogP contribution >= 0.6 is 11.6 Å². The van der Waals surface area contributed by atoms with Gasteiger partial charge in [0.25, 0.3) is 15.9 Å². The number of benzene rings is 2. The van der Waals surface area contributed by atoms with E-state index in [0.717, 1.165) is 12.0 Å². The number of hydrogen-bond donors (Lipinski definition) is 1. The van der Waals surface area contributed by atoms with E-state index in [1.54, 1.807) is 35.2 Å². The van der Waals surface area contributed by atoms with Crippen LogP contribution < -0.4 is 4.72 Å². The van der Waals surface area contributed by atoms with Crippen LogP contribution in [0.3, 0.4) is 0 Å². The van der Waals surface area contributed by atoms with Gasteiger partial charge in [0.2, 0.25) is 0 Å². The lowest BCUT2D eigenvalue weighted by molar-refractivity contribution is 0.0645. The summed E-state index contributed by atoms with van der Waals surface area (Å²) in [6.45, 7) is 7.58. The zero-order chi connectivity index (χ0) is 23.1. The molecule has 0 spiro atoms. The van der Waals surface area contributed by atoms with Crippen molar-refractivity contribution in [3.8, 4) is 5.69 Å². The lowest BCUT2D eigenvalue weighted by Crippen LogP contribution is -2.42. The molecule has 0 aliphatic carbocycles. The van der Waals surface area contributed by atoms with E-state index in [-0.39, 0.29) is 27.6 Å². The van der Waals surface area contributed by atoms with Crippen molar-refractivity contribution in [3.05, 3.63) is 64.9 Å². The van der Waals surface area contributed by atoms with Gasteiger partial charge < -0.3 is 4.90 Å². The third-order valence-electron chi connectivity index (χ3n) is 5.34. The zero-order valence-electron chi connectivity index (χ0n) is 18.0. The number of sulfonamides is 1. The maximum Gasteiger partial charge on any atom is 0.276 e. The molecule has 4 rings (SSSR count). The number of amides is 1. The summed E-state index contributed by atoms with van der Waals surface area (Å²) < 4.78 is 30.0. The van der Waals surface area contributed by atoms with Crippen LogP contribution in [0.2, 0.25) is 5.02 Å². The maximum absolute atomic E-state index is 13.0. The monoisotopic (exact) mass is 473 g/mol. The number of carbonyl (C=O) groups excluding carboxylic acids is 1. The van der Waals surface area contributed by atoms with Crippen LogP contribution in [-0.4, -0.2) is 47.3 Å². The van der Waals surface area contributed by atoms with Gasteiger partial charge >= 0.3 is 0 Å². The molecule has 3 aromatic rings. The van der Waals surface area contributed by atoms with Gasteiger partial charge in [-0.1, -0.05) is 49.7 Å². The summed E-state index contributed by atoms with van der Waals surface area (Å²) in [6.07, 6.45) is 2.44. The lowest BCUT2D eigenvalue weighted by atomic mass is 9.87. The van der Waals surface area contributed by atoms with Crippen LogP contribution in [0, 0.1) is 0 Å². The van der Waals surface area contributed by atoms with E-state index in [1.807, 2.05) is 12.1 Å². The summed E-state index contributed by atoms with van der Waals surface area (Å²) in [5, 5.41) is 8.36. The summed E-state index contributed by atoms with van der Waals surface area (Å²) in [4.78, 5) is 14.2. The summed E-state index contributed by atoms with van der Waals surface area (Å²) >= 11 is 6.15. The largest absolute Gasteiger partial charge is 0.337 e. The van der Waals surface area contributed by atoms with Gasteiger partial charge in [0.05, 0.1) is 22.5 Å². The van der Waals surface area contributed by atoms with Crippen LogP contribution in [0.15, 0.2) is 53.6 Å². The normalized spacial score (nSPS) is 14.2. The smallest absolute Gasteiger partial charge is 0.276 e. The van der Waals surface area contributed by atoms with Crippen molar-refractivity contribution in [1.82, 2.24) is 19.9 Å². The fourth-order valence-corrected chi connectivity index (χ4v) is 4.52. The average Bonchev–Trinajstić information content (AvgIpc) is 3.17. The quantitative estimate of drug-likeness (QED) is 0.606. The number of nitrogens with one attached hydrogen (secondary N) is 1. The third-order valence-corrected chi connectivity index (χ3v) is 6.95. The summed E-state index contributed by atoms with van der Waals surface area (Å²) in [5.41, 5.74) is 1.77. The second-order valence-electron chi connectivity index (χ2n) is 8.74. The Labute approximate surface area is 192 Å². The molecule has 2 aromatic carbocycles. The predicted octanol–water partition coefficient (Wildman–Crippen LogP) is 3.86. The van der Waals surface area contributed by atoms with E-state index in [4.69, 9.17) is 11.6 Å². The van der Waals surface area contributed by atoms with E-state index in [1.165, 1.54) is 10.9 Å². The third kappa shape index (κ3) is 4.49. The fraction of sp³-hybridized carbons (Fsp3) is 0.318. The Balaban J connectivity index is 1.64. The number of rotatable bonds is 5. The minimum Gasteiger partial charge on any atom is -0.337 e. The first-order chi connectivity index (χ1) is 15.0. The van der Waals surface area contributed by atoms with Crippen molar-refractivity contribution in [3.63, 3.8) is 0 Å². The number of hydrogen-bond acceptors (Lipinski definition) is 5. The van der Waals surface area contributed by atoms with Crippen LogP contribution in [0.25, 0.3) is 5.69 Å². The van der Waals surface area contributed by atoms with Crippen LogP contribution in [-0.2, 0) is 15.4 Å². The molecule has 1 aromatic heterocycles. The van der Waals surface area contributed by atoms with Gasteiger partial charge in [-0.15, -0.1) is 5.10 Å². The molecule has 0 bridgehead atoms. The molecular weight excluding hydrogens is 450 g/mol. The van der Waals surface area contributed by atoms with Crippen molar-refractivity contribution in [2.24, 2.45) is 0 Å². The molecule has 0 unspecified atom stereocenters. The zero-order valence-corrected chi connectivity index (χ0v) is 19.6. The minimum atomic E-state index is -3.87. The molecule has 0 radical (unpaired) electrons. The Hall–Kier alpha value is -2.91. The van der Waals surface area contributed by atoms with Crippen molar-refractivity contribution < 1.29 is 13.2 Å². The second kappa shape index (κ2) is 8.22. The topological polar surface area (TPSA) is 97.2 Å². The first kappa shape index (κ1) is 22.3. The van der Waals surface area contributed by atoms with Gasteiger partial charge in [0, 0.05) is 18.1 Å². The Kier molecular flexibility index (Phi) is 5.72. The molecule has 8 nitrogen and oxygen atoms in total. The molecule has 2 heterocycles. The Morgan fingerprint density at radius 2 is 1.78 bits per heavy atom. The second-order valence-corrected chi connectivity index (χ2v) is 10.9. The molecule has 32 heavy (non-hydrogen) atoms. The van der Waals surface area contributed by atoms with Crippen LogP contribution in [0.5, 0.6) is 0 Å². The predicted molar refractivity (Wildman–Crippen MR) is 123 cm³/mol. The van der Waals surface area contributed by atoms with Crippen molar-refractivity contribution in [1.29, 1.82) is 0 Å². The molecule has 10 heteroatoms. The molecule has 1 saturated heterocycles. The first-order valence-corrected chi connectivity index (χ1v) is 12.1. The SMILES string of the molecule is CC(C)(C)c1ccc(S(=O)(=O)Nc2ccc(Cl)cc2-n2cc(C(=O)N3CCC3)nn2)cc1. The molecule has 1 amide bonds. The van der Waals surface area contributed by atoms with Crippen molar-refractivity contribution in [2.75, 3.05) is 17.8 Å². The molecule has 1 fully saturated rings. The molecule has 0 saturated carbocycles. The lowest BCUT2D eigenvalue weighted by Gasteiger charge is -2.29. The number of aromatic nitrogens is 3. The Morgan fingerprint density at radius 1 is 1.09 bits per heavy atom. The number of halogens is 1. The van der Waals surface area contributed by atoms with Gasteiger partial charge in [-0.25, -0.2) is 13.1 Å². The Morgan fingerprint density at radius 3 is 2.38 bits per heavy atom. The number of carbonyl (C=O) groups is 1. The maximum atomic E-state index is 13.0. The summed E-state index contributed by atoms with van der Waals surface area (Å²) in [6, 6.07) is 11.5. The van der Waals surface area contributed by atoms with E-state index < -0.39 is 10.0 Å². The first-order valence-electron chi connectivity index (χ1n) is 10.2. The fourth-order valence-electron chi connectivity index (χ4n) is 3.28. The minimum absolute atomic E-state index is 0.0860. The van der Waals surface area contributed by atoms with Gasteiger partial charge in [-0.2, -0.15) is 0 Å². The number of nitrogens with zero attached hydrogens (tertiary/aromatic N) is 4. The average molecular weight is 474 g/mol. The summed E-state index contributed by atoms with van der Waals surface area (Å²) in [5.74, 6) is -0.203. The van der Waals surface area contributed by atoms with E-state index in [2.05, 4.69) is 35.8 Å². The van der Waals surface area contributed by atoms with E-state index in [9.17, 15) is 13.2 Å². The van der Waals surface area contributed by atoms with Crippen molar-refractivity contribution in [2.45, 2.75) is 37.5 Å². The highest BCUT2D eigenvalue weighted by molar-refractivity contribution is 7.92. The van der Waals surface area contributed by atoms with E-state index >= 15 is 0 Å². The highest BCUT2D eigenvalue weighted by Crippen LogP contribution is 2.28. The van der Waals surface area contributed by atoms with Gasteiger partial charge in [-0.3, -0.25) is 9.52 Å². The highest BCUT2D eigenvalue weighted by Gasteiger charge is 2.25. The number of anilines is 1. The molecule has 0 atom stereocenters. The Bertz CT molecular complexity index is 1260. The standard InChI is InChI=1S/C22H24ClN5O3S/c1-22(2,3)15-5-8-17(9-6-15)32(30,31)25-18-10-7-16(23)13-20(18)28-14-19(24-26-28)21(29)27-11-4-12-27/h5-10,13-14,25H,4,11-12H2,1-3H3.